The molecule has 0 aliphatic rings. The molecule has 0 saturated heterocycles. The van der Waals surface area contributed by atoms with Gasteiger partial charge in [0.1, 0.15) is 11.8 Å². The minimum absolute atomic E-state index is 0.128. The summed E-state index contributed by atoms with van der Waals surface area (Å²) in [5, 5.41) is 2.92. The van der Waals surface area contributed by atoms with E-state index in [1.165, 1.54) is 5.56 Å². The van der Waals surface area contributed by atoms with E-state index >= 15 is 0 Å². The van der Waals surface area contributed by atoms with Crippen LogP contribution in [0.4, 0.5) is 0 Å². The lowest BCUT2D eigenvalue weighted by Crippen LogP contribution is -2.49. The van der Waals surface area contributed by atoms with E-state index in [1.807, 2.05) is 62.4 Å². The average molecular weight is 489 g/mol. The van der Waals surface area contributed by atoms with Crippen molar-refractivity contribution in [2.45, 2.75) is 53.1 Å². The standard InChI is InChI=1S/C25H33BrN2O3/c1-17(2)14-27-25(30)19(5)28(15-20-7-6-8-22(26)13-20)24(29)16-31-23-11-9-21(10-12-23)18(3)4/h6-13,17-19H,14-16H2,1-5H3,(H,27,30). The largest absolute Gasteiger partial charge is 0.484 e. The first kappa shape index (κ1) is 24.9. The molecular formula is C25H33BrN2O3. The van der Waals surface area contributed by atoms with Crippen molar-refractivity contribution in [1.82, 2.24) is 10.2 Å². The SMILES string of the molecule is CC(C)CNC(=O)C(C)N(Cc1cccc(Br)c1)C(=O)COc1ccc(C(C)C)cc1. The van der Waals surface area contributed by atoms with Crippen molar-refractivity contribution in [3.05, 3.63) is 64.1 Å². The van der Waals surface area contributed by atoms with Gasteiger partial charge in [-0.3, -0.25) is 9.59 Å². The summed E-state index contributed by atoms with van der Waals surface area (Å²) in [7, 11) is 0. The van der Waals surface area contributed by atoms with E-state index in [4.69, 9.17) is 4.74 Å². The van der Waals surface area contributed by atoms with Crippen molar-refractivity contribution in [3.63, 3.8) is 0 Å². The van der Waals surface area contributed by atoms with Crippen LogP contribution in [0, 0.1) is 5.92 Å². The summed E-state index contributed by atoms with van der Waals surface area (Å²) in [5.41, 5.74) is 2.15. The third kappa shape index (κ3) is 8.02. The molecule has 0 radical (unpaired) electrons. The normalized spacial score (nSPS) is 12.0. The van der Waals surface area contributed by atoms with Crippen molar-refractivity contribution in [3.8, 4) is 5.75 Å². The van der Waals surface area contributed by atoms with Crippen LogP contribution in [-0.2, 0) is 16.1 Å². The number of ether oxygens (including phenoxy) is 1. The van der Waals surface area contributed by atoms with E-state index in [9.17, 15) is 9.59 Å². The van der Waals surface area contributed by atoms with E-state index in [0.29, 0.717) is 30.7 Å². The fourth-order valence-corrected chi connectivity index (χ4v) is 3.49. The molecule has 31 heavy (non-hydrogen) atoms. The lowest BCUT2D eigenvalue weighted by atomic mass is 10.0. The Morgan fingerprint density at radius 3 is 2.29 bits per heavy atom. The van der Waals surface area contributed by atoms with Gasteiger partial charge < -0.3 is 15.0 Å². The van der Waals surface area contributed by atoms with Crippen LogP contribution >= 0.6 is 15.9 Å². The predicted molar refractivity (Wildman–Crippen MR) is 128 cm³/mol. The van der Waals surface area contributed by atoms with E-state index in [2.05, 4.69) is 35.1 Å². The van der Waals surface area contributed by atoms with Gasteiger partial charge in [0.2, 0.25) is 5.91 Å². The van der Waals surface area contributed by atoms with Gasteiger partial charge in [-0.1, -0.05) is 67.9 Å². The van der Waals surface area contributed by atoms with Crippen molar-refractivity contribution in [1.29, 1.82) is 0 Å². The Hall–Kier alpha value is -2.34. The highest BCUT2D eigenvalue weighted by molar-refractivity contribution is 9.10. The highest BCUT2D eigenvalue weighted by atomic mass is 79.9. The quantitative estimate of drug-likeness (QED) is 0.503. The summed E-state index contributed by atoms with van der Waals surface area (Å²) in [6.45, 7) is 10.8. The molecule has 0 bridgehead atoms. The topological polar surface area (TPSA) is 58.6 Å². The summed E-state index contributed by atoms with van der Waals surface area (Å²) in [6, 6.07) is 14.9. The van der Waals surface area contributed by atoms with E-state index in [-0.39, 0.29) is 18.4 Å². The van der Waals surface area contributed by atoms with E-state index in [0.717, 1.165) is 10.0 Å². The van der Waals surface area contributed by atoms with Gasteiger partial charge in [-0.25, -0.2) is 0 Å². The Bertz CT molecular complexity index is 865. The molecule has 1 atom stereocenters. The number of nitrogens with zero attached hydrogens (tertiary/aromatic N) is 1. The Morgan fingerprint density at radius 1 is 1.03 bits per heavy atom. The van der Waals surface area contributed by atoms with Crippen LogP contribution in [0.15, 0.2) is 53.0 Å². The molecule has 2 aromatic carbocycles. The molecule has 0 fully saturated rings. The van der Waals surface area contributed by atoms with Gasteiger partial charge in [-0.15, -0.1) is 0 Å². The molecule has 0 saturated carbocycles. The third-order valence-corrected chi connectivity index (χ3v) is 5.50. The number of amides is 2. The van der Waals surface area contributed by atoms with Crippen LogP contribution in [0.25, 0.3) is 0 Å². The van der Waals surface area contributed by atoms with Gasteiger partial charge in [0.05, 0.1) is 0 Å². The third-order valence-electron chi connectivity index (χ3n) is 5.00. The molecule has 0 aromatic heterocycles. The molecule has 0 aliphatic carbocycles. The predicted octanol–water partition coefficient (Wildman–Crippen LogP) is 5.14. The Labute approximate surface area is 194 Å². The van der Waals surface area contributed by atoms with Gasteiger partial charge in [0.15, 0.2) is 6.61 Å². The highest BCUT2D eigenvalue weighted by Crippen LogP contribution is 2.19. The maximum Gasteiger partial charge on any atom is 0.261 e. The second-order valence-electron chi connectivity index (χ2n) is 8.48. The number of carbonyl (C=O) groups is 2. The number of hydrogen-bond donors (Lipinski definition) is 1. The minimum Gasteiger partial charge on any atom is -0.484 e. The van der Waals surface area contributed by atoms with E-state index in [1.54, 1.807) is 11.8 Å². The molecule has 0 aliphatic heterocycles. The molecule has 5 nitrogen and oxygen atoms in total. The minimum atomic E-state index is -0.614. The fraction of sp³-hybridized carbons (Fsp3) is 0.440. The zero-order valence-corrected chi connectivity index (χ0v) is 20.6. The zero-order valence-electron chi connectivity index (χ0n) is 19.0. The van der Waals surface area contributed by atoms with Crippen LogP contribution in [0.3, 0.4) is 0 Å². The van der Waals surface area contributed by atoms with Gasteiger partial charge in [0, 0.05) is 17.6 Å². The van der Waals surface area contributed by atoms with E-state index < -0.39 is 6.04 Å². The van der Waals surface area contributed by atoms with Crippen molar-refractivity contribution in [2.24, 2.45) is 5.92 Å². The van der Waals surface area contributed by atoms with Crippen molar-refractivity contribution >= 4 is 27.7 Å². The first-order valence-corrected chi connectivity index (χ1v) is 11.5. The number of hydrogen-bond acceptors (Lipinski definition) is 3. The number of nitrogens with one attached hydrogen (secondary N) is 1. The summed E-state index contributed by atoms with van der Waals surface area (Å²) in [6.07, 6.45) is 0. The van der Waals surface area contributed by atoms with Gasteiger partial charge in [-0.2, -0.15) is 0 Å². The molecule has 2 amide bonds. The first-order valence-electron chi connectivity index (χ1n) is 10.7. The lowest BCUT2D eigenvalue weighted by Gasteiger charge is -2.29. The second-order valence-corrected chi connectivity index (χ2v) is 9.39. The van der Waals surface area contributed by atoms with Gasteiger partial charge in [0.25, 0.3) is 5.91 Å². The number of rotatable bonds is 10. The number of halogens is 1. The maximum atomic E-state index is 13.1. The van der Waals surface area contributed by atoms with Crippen molar-refractivity contribution in [2.75, 3.05) is 13.2 Å². The zero-order chi connectivity index (χ0) is 23.0. The molecule has 0 spiro atoms. The molecule has 168 valence electrons. The number of carbonyl (C=O) groups excluding carboxylic acids is 2. The monoisotopic (exact) mass is 488 g/mol. The fourth-order valence-electron chi connectivity index (χ4n) is 3.04. The summed E-state index contributed by atoms with van der Waals surface area (Å²) < 4.78 is 6.67. The Kier molecular flexibility index (Phi) is 9.56. The van der Waals surface area contributed by atoms with Gasteiger partial charge >= 0.3 is 0 Å². The Balaban J connectivity index is 2.11. The lowest BCUT2D eigenvalue weighted by molar-refractivity contribution is -0.142. The molecule has 2 aromatic rings. The molecule has 2 rings (SSSR count). The molecule has 0 heterocycles. The smallest absolute Gasteiger partial charge is 0.261 e. The molecule has 6 heteroatoms. The van der Waals surface area contributed by atoms with Crippen LogP contribution in [0.2, 0.25) is 0 Å². The highest BCUT2D eigenvalue weighted by Gasteiger charge is 2.26. The average Bonchev–Trinajstić information content (AvgIpc) is 2.74. The summed E-state index contributed by atoms with van der Waals surface area (Å²) in [5.74, 6) is 1.000. The Morgan fingerprint density at radius 2 is 1.71 bits per heavy atom. The second kappa shape index (κ2) is 11.9. The van der Waals surface area contributed by atoms with Crippen LogP contribution < -0.4 is 10.1 Å². The molecule has 1 N–H and O–H groups in total. The molecular weight excluding hydrogens is 456 g/mol. The van der Waals surface area contributed by atoms with Crippen LogP contribution in [0.1, 0.15) is 51.7 Å². The summed E-state index contributed by atoms with van der Waals surface area (Å²) >= 11 is 3.47. The van der Waals surface area contributed by atoms with Crippen molar-refractivity contribution < 1.29 is 14.3 Å². The summed E-state index contributed by atoms with van der Waals surface area (Å²) in [4.78, 5) is 27.3. The van der Waals surface area contributed by atoms with Crippen LogP contribution in [-0.4, -0.2) is 35.9 Å². The molecule has 1 unspecified atom stereocenters. The first-order chi connectivity index (χ1) is 14.7. The van der Waals surface area contributed by atoms with Crippen LogP contribution in [0.5, 0.6) is 5.75 Å². The van der Waals surface area contributed by atoms with Gasteiger partial charge in [-0.05, 0) is 54.2 Å². The maximum absolute atomic E-state index is 13.1. The number of benzene rings is 2.